The summed E-state index contributed by atoms with van der Waals surface area (Å²) >= 11 is 6.18. The number of nitriles is 1. The molecule has 0 fully saturated rings. The van der Waals surface area contributed by atoms with Gasteiger partial charge in [0.15, 0.2) is 0 Å². The van der Waals surface area contributed by atoms with Crippen LogP contribution in [0.2, 0.25) is 5.15 Å². The lowest BCUT2D eigenvalue weighted by atomic mass is 10.1. The SMILES string of the molecule is COC[C@@H](C)OC(=O)/C(C#N)=C/c1cc2ccc(C)cc2nc1Cl. The first kappa shape index (κ1) is 17.9. The van der Waals surface area contributed by atoms with E-state index in [1.807, 2.05) is 31.2 Å². The molecule has 0 saturated carbocycles. The van der Waals surface area contributed by atoms with E-state index < -0.39 is 12.1 Å². The zero-order valence-corrected chi connectivity index (χ0v) is 14.4. The van der Waals surface area contributed by atoms with Gasteiger partial charge in [-0.25, -0.2) is 9.78 Å². The summed E-state index contributed by atoms with van der Waals surface area (Å²) in [5, 5.41) is 10.3. The lowest BCUT2D eigenvalue weighted by Gasteiger charge is -2.11. The molecule has 0 aliphatic rings. The average molecular weight is 345 g/mol. The third-order valence-electron chi connectivity index (χ3n) is 3.30. The van der Waals surface area contributed by atoms with E-state index in [1.54, 1.807) is 13.0 Å². The molecule has 1 aromatic heterocycles. The maximum atomic E-state index is 12.1. The number of carbonyl (C=O) groups excluding carboxylic acids is 1. The minimum Gasteiger partial charge on any atom is -0.456 e. The second-order valence-electron chi connectivity index (χ2n) is 5.41. The maximum Gasteiger partial charge on any atom is 0.349 e. The second kappa shape index (κ2) is 7.91. The van der Waals surface area contributed by atoms with Crippen molar-refractivity contribution in [1.82, 2.24) is 4.98 Å². The van der Waals surface area contributed by atoms with E-state index in [0.717, 1.165) is 16.5 Å². The summed E-state index contributed by atoms with van der Waals surface area (Å²) in [6, 6.07) is 9.41. The maximum absolute atomic E-state index is 12.1. The van der Waals surface area contributed by atoms with Gasteiger partial charge in [0.25, 0.3) is 0 Å². The Morgan fingerprint density at radius 1 is 1.46 bits per heavy atom. The van der Waals surface area contributed by atoms with E-state index in [-0.39, 0.29) is 17.3 Å². The molecule has 0 unspecified atom stereocenters. The third kappa shape index (κ3) is 4.31. The van der Waals surface area contributed by atoms with Crippen molar-refractivity contribution in [3.8, 4) is 6.07 Å². The molecule has 0 aliphatic heterocycles. The Balaban J connectivity index is 2.35. The lowest BCUT2D eigenvalue weighted by molar-refractivity contribution is -0.145. The van der Waals surface area contributed by atoms with Crippen LogP contribution in [-0.4, -0.2) is 30.8 Å². The fourth-order valence-electron chi connectivity index (χ4n) is 2.18. The van der Waals surface area contributed by atoms with Crippen molar-refractivity contribution >= 4 is 34.5 Å². The van der Waals surface area contributed by atoms with Crippen molar-refractivity contribution in [3.05, 3.63) is 46.1 Å². The molecule has 1 aromatic carbocycles. The molecule has 0 N–H and O–H groups in total. The van der Waals surface area contributed by atoms with Gasteiger partial charge >= 0.3 is 5.97 Å². The van der Waals surface area contributed by atoms with Gasteiger partial charge in [-0.1, -0.05) is 23.7 Å². The molecule has 0 amide bonds. The number of pyridine rings is 1. The van der Waals surface area contributed by atoms with Crippen LogP contribution < -0.4 is 0 Å². The van der Waals surface area contributed by atoms with E-state index in [1.165, 1.54) is 13.2 Å². The van der Waals surface area contributed by atoms with Crippen LogP contribution in [0.25, 0.3) is 17.0 Å². The number of nitrogens with zero attached hydrogens (tertiary/aromatic N) is 2. The molecular weight excluding hydrogens is 328 g/mol. The Morgan fingerprint density at radius 2 is 2.21 bits per heavy atom. The smallest absolute Gasteiger partial charge is 0.349 e. The minimum absolute atomic E-state index is 0.145. The Kier molecular flexibility index (Phi) is 5.91. The van der Waals surface area contributed by atoms with Gasteiger partial charge in [-0.05, 0) is 37.6 Å². The van der Waals surface area contributed by atoms with Crippen molar-refractivity contribution in [2.24, 2.45) is 0 Å². The van der Waals surface area contributed by atoms with Crippen LogP contribution in [0.3, 0.4) is 0 Å². The van der Waals surface area contributed by atoms with Gasteiger partial charge in [0.1, 0.15) is 22.9 Å². The van der Waals surface area contributed by atoms with Crippen molar-refractivity contribution in [2.75, 3.05) is 13.7 Å². The highest BCUT2D eigenvalue weighted by atomic mass is 35.5. The highest BCUT2D eigenvalue weighted by Crippen LogP contribution is 2.23. The molecule has 1 heterocycles. The molecule has 0 spiro atoms. The first-order valence-corrected chi connectivity index (χ1v) is 7.71. The van der Waals surface area contributed by atoms with Crippen molar-refractivity contribution in [3.63, 3.8) is 0 Å². The average Bonchev–Trinajstić information content (AvgIpc) is 2.52. The summed E-state index contributed by atoms with van der Waals surface area (Å²) in [6.45, 7) is 3.90. The van der Waals surface area contributed by atoms with Crippen LogP contribution in [0.5, 0.6) is 0 Å². The number of aromatic nitrogens is 1. The number of carbonyl (C=O) groups is 1. The first-order chi connectivity index (χ1) is 11.4. The fraction of sp³-hybridized carbons (Fsp3) is 0.278. The predicted octanol–water partition coefficient (Wildman–Crippen LogP) is 3.68. The van der Waals surface area contributed by atoms with E-state index in [9.17, 15) is 10.1 Å². The summed E-state index contributed by atoms with van der Waals surface area (Å²) in [7, 11) is 1.51. The second-order valence-corrected chi connectivity index (χ2v) is 5.76. The van der Waals surface area contributed by atoms with Gasteiger partial charge < -0.3 is 9.47 Å². The molecule has 0 radical (unpaired) electrons. The molecule has 6 heteroatoms. The molecule has 0 saturated heterocycles. The summed E-state index contributed by atoms with van der Waals surface area (Å²) in [4.78, 5) is 16.4. The van der Waals surface area contributed by atoms with Gasteiger partial charge in [0.05, 0.1) is 12.1 Å². The number of methoxy groups -OCH3 is 1. The largest absolute Gasteiger partial charge is 0.456 e. The molecular formula is C18H17ClN2O3. The topological polar surface area (TPSA) is 72.2 Å². The summed E-state index contributed by atoms with van der Waals surface area (Å²) in [5.41, 5.74) is 2.17. The van der Waals surface area contributed by atoms with Crippen LogP contribution in [0.15, 0.2) is 29.8 Å². The molecule has 0 bridgehead atoms. The number of hydrogen-bond acceptors (Lipinski definition) is 5. The van der Waals surface area contributed by atoms with Gasteiger partial charge in [-0.3, -0.25) is 0 Å². The van der Waals surface area contributed by atoms with Crippen molar-refractivity contribution in [1.29, 1.82) is 5.26 Å². The number of benzene rings is 1. The predicted molar refractivity (Wildman–Crippen MR) is 92.5 cm³/mol. The number of ether oxygens (including phenoxy) is 2. The number of halogens is 1. The van der Waals surface area contributed by atoms with E-state index >= 15 is 0 Å². The minimum atomic E-state index is -0.720. The van der Waals surface area contributed by atoms with Gasteiger partial charge in [-0.2, -0.15) is 5.26 Å². The van der Waals surface area contributed by atoms with Crippen molar-refractivity contribution in [2.45, 2.75) is 20.0 Å². The number of fused-ring (bicyclic) bond motifs is 1. The molecule has 2 aromatic rings. The van der Waals surface area contributed by atoms with E-state index in [2.05, 4.69) is 4.98 Å². The Bertz CT molecular complexity index is 840. The number of esters is 1. The number of rotatable bonds is 5. The summed E-state index contributed by atoms with van der Waals surface area (Å²) < 4.78 is 10.0. The van der Waals surface area contributed by atoms with Gasteiger partial charge in [0, 0.05) is 18.1 Å². The Hall–Kier alpha value is -2.42. The first-order valence-electron chi connectivity index (χ1n) is 7.33. The quantitative estimate of drug-likeness (QED) is 0.358. The van der Waals surface area contributed by atoms with Crippen LogP contribution in [0, 0.1) is 18.3 Å². The highest BCUT2D eigenvalue weighted by Gasteiger charge is 2.16. The summed E-state index contributed by atoms with van der Waals surface area (Å²) in [5.74, 6) is -0.720. The zero-order chi connectivity index (χ0) is 17.7. The van der Waals surface area contributed by atoms with Crippen LogP contribution in [-0.2, 0) is 14.3 Å². The molecule has 124 valence electrons. The molecule has 1 atom stereocenters. The van der Waals surface area contributed by atoms with Crippen LogP contribution in [0.1, 0.15) is 18.1 Å². The van der Waals surface area contributed by atoms with E-state index in [4.69, 9.17) is 21.1 Å². The normalized spacial score (nSPS) is 12.7. The van der Waals surface area contributed by atoms with Gasteiger partial charge in [0.2, 0.25) is 0 Å². The molecule has 2 rings (SSSR count). The molecule has 24 heavy (non-hydrogen) atoms. The van der Waals surface area contributed by atoms with Crippen molar-refractivity contribution < 1.29 is 14.3 Å². The zero-order valence-electron chi connectivity index (χ0n) is 13.7. The lowest BCUT2D eigenvalue weighted by Crippen LogP contribution is -2.20. The van der Waals surface area contributed by atoms with Crippen LogP contribution in [0.4, 0.5) is 0 Å². The van der Waals surface area contributed by atoms with E-state index in [0.29, 0.717) is 5.56 Å². The highest BCUT2D eigenvalue weighted by molar-refractivity contribution is 6.31. The number of hydrogen-bond donors (Lipinski definition) is 0. The van der Waals surface area contributed by atoms with Crippen LogP contribution >= 0.6 is 11.6 Å². The summed E-state index contributed by atoms with van der Waals surface area (Å²) in [6.07, 6.45) is 0.934. The third-order valence-corrected chi connectivity index (χ3v) is 3.61. The fourth-order valence-corrected chi connectivity index (χ4v) is 2.38. The standard InChI is InChI=1S/C18H17ClN2O3/c1-11-4-5-13-7-14(17(19)21-16(13)6-11)8-15(9-20)18(22)24-12(2)10-23-3/h4-8,12H,10H2,1-3H3/b15-8+/t12-/m1/s1. The Labute approximate surface area is 145 Å². The number of aryl methyl sites for hydroxylation is 1. The monoisotopic (exact) mass is 344 g/mol. The molecule has 5 nitrogen and oxygen atoms in total. The van der Waals surface area contributed by atoms with Gasteiger partial charge in [-0.15, -0.1) is 0 Å². The molecule has 0 aliphatic carbocycles. The Morgan fingerprint density at radius 3 is 2.88 bits per heavy atom.